The fraction of sp³-hybridized carbons (Fsp3) is 1.00. The van der Waals surface area contributed by atoms with Gasteiger partial charge in [-0.1, -0.05) is 0 Å². The minimum absolute atomic E-state index is 0.668. The van der Waals surface area contributed by atoms with Gasteiger partial charge in [0.25, 0.3) is 0 Å². The third-order valence-electron chi connectivity index (χ3n) is 4.04. The van der Waals surface area contributed by atoms with Crippen LogP contribution in [0.4, 0.5) is 0 Å². The zero-order valence-corrected chi connectivity index (χ0v) is 12.0. The smallest absolute Gasteiger partial charge is 0.219 e. The molecule has 2 saturated heterocycles. The van der Waals surface area contributed by atoms with Gasteiger partial charge < -0.3 is 55.1 Å². The van der Waals surface area contributed by atoms with Gasteiger partial charge in [0, 0.05) is 0 Å². The van der Waals surface area contributed by atoms with Crippen LogP contribution in [0, 0.1) is 0 Å². The molecule has 2 rings (SSSR count). The molecule has 23 heavy (non-hydrogen) atoms. The molecular formula is C12H22O11. The predicted molar refractivity (Wildman–Crippen MR) is 68.6 cm³/mol. The molecule has 11 nitrogen and oxygen atoms in total. The summed E-state index contributed by atoms with van der Waals surface area (Å²) < 4.78 is 15.3. The molecule has 0 aromatic rings. The van der Waals surface area contributed by atoms with Crippen LogP contribution in [0.1, 0.15) is 0 Å². The predicted octanol–water partition coefficient (Wildman–Crippen LogP) is -5.40. The fourth-order valence-electron chi connectivity index (χ4n) is 2.63. The number of aliphatic hydroxyl groups excluding tert-OH is 7. The molecule has 0 bridgehead atoms. The Kier molecular flexibility index (Phi) is 5.92. The van der Waals surface area contributed by atoms with E-state index in [0.29, 0.717) is 0 Å². The van der Waals surface area contributed by atoms with E-state index in [9.17, 15) is 30.6 Å². The van der Waals surface area contributed by atoms with E-state index >= 15 is 0 Å². The second-order valence-electron chi connectivity index (χ2n) is 5.58. The third-order valence-corrected chi connectivity index (χ3v) is 4.04. The summed E-state index contributed by atoms with van der Waals surface area (Å²) in [5, 5.41) is 76.5. The Morgan fingerprint density at radius 2 is 1.48 bits per heavy atom. The van der Waals surface area contributed by atoms with Crippen molar-refractivity contribution in [3.63, 3.8) is 0 Å². The maximum absolute atomic E-state index is 10.00. The lowest BCUT2D eigenvalue weighted by atomic mass is 9.99. The van der Waals surface area contributed by atoms with Gasteiger partial charge in [-0.25, -0.2) is 0 Å². The van der Waals surface area contributed by atoms with Crippen LogP contribution in [0.5, 0.6) is 0 Å². The summed E-state index contributed by atoms with van der Waals surface area (Å²) in [6.07, 6.45) is -12.2. The molecule has 0 radical (unpaired) electrons. The maximum atomic E-state index is 10.00. The monoisotopic (exact) mass is 342 g/mol. The van der Waals surface area contributed by atoms with Gasteiger partial charge in [-0.2, -0.15) is 0 Å². The lowest BCUT2D eigenvalue weighted by Crippen LogP contribution is -2.60. The van der Waals surface area contributed by atoms with Crippen molar-refractivity contribution < 1.29 is 55.1 Å². The molecule has 0 aromatic carbocycles. The van der Waals surface area contributed by atoms with Crippen LogP contribution >= 0.6 is 0 Å². The molecule has 2 aliphatic rings. The summed E-state index contributed by atoms with van der Waals surface area (Å²) in [7, 11) is 0. The summed E-state index contributed by atoms with van der Waals surface area (Å²) in [6, 6.07) is 0. The first-order valence-corrected chi connectivity index (χ1v) is 7.05. The van der Waals surface area contributed by atoms with Crippen molar-refractivity contribution in [2.75, 3.05) is 19.8 Å². The molecule has 0 spiro atoms. The molecule has 1 unspecified atom stereocenters. The molecule has 0 aliphatic carbocycles. The summed E-state index contributed by atoms with van der Waals surface area (Å²) in [5.74, 6) is -2.37. The molecule has 136 valence electrons. The van der Waals surface area contributed by atoms with Crippen molar-refractivity contribution in [3.05, 3.63) is 0 Å². The Morgan fingerprint density at radius 3 is 2.00 bits per heavy atom. The van der Waals surface area contributed by atoms with Crippen molar-refractivity contribution in [1.29, 1.82) is 0 Å². The normalized spacial score (nSPS) is 51.1. The van der Waals surface area contributed by atoms with Gasteiger partial charge >= 0.3 is 0 Å². The van der Waals surface area contributed by atoms with E-state index in [2.05, 4.69) is 0 Å². The highest BCUT2D eigenvalue weighted by Crippen LogP contribution is 2.33. The van der Waals surface area contributed by atoms with Crippen molar-refractivity contribution in [2.45, 2.75) is 54.8 Å². The van der Waals surface area contributed by atoms with E-state index < -0.39 is 74.6 Å². The molecule has 2 fully saturated rings. The first-order chi connectivity index (χ1) is 10.8. The SMILES string of the molecule is OC[C@H]1O[C@H](O[C@@H]2[C@@H](CO)OC(O)(CO)[C@H]2O)[C@H](O)[C@@H](O)[C@@H]1O. The van der Waals surface area contributed by atoms with Gasteiger partial charge in [0.1, 0.15) is 42.7 Å². The highest BCUT2D eigenvalue weighted by Gasteiger charge is 2.56. The Balaban J connectivity index is 2.13. The number of hydrogen-bond donors (Lipinski definition) is 8. The van der Waals surface area contributed by atoms with E-state index in [4.69, 9.17) is 24.4 Å². The minimum Gasteiger partial charge on any atom is -0.394 e. The first-order valence-electron chi connectivity index (χ1n) is 7.05. The highest BCUT2D eigenvalue weighted by molar-refractivity contribution is 4.98. The molecular weight excluding hydrogens is 320 g/mol. The van der Waals surface area contributed by atoms with Gasteiger partial charge in [0.15, 0.2) is 6.29 Å². The van der Waals surface area contributed by atoms with Crippen LogP contribution in [-0.4, -0.2) is 115 Å². The van der Waals surface area contributed by atoms with Crippen molar-refractivity contribution in [1.82, 2.24) is 0 Å². The number of rotatable bonds is 5. The fourth-order valence-corrected chi connectivity index (χ4v) is 2.63. The lowest BCUT2D eigenvalue weighted by Gasteiger charge is -2.41. The second-order valence-corrected chi connectivity index (χ2v) is 5.58. The topological polar surface area (TPSA) is 190 Å². The average molecular weight is 342 g/mol. The highest BCUT2D eigenvalue weighted by atomic mass is 16.7. The van der Waals surface area contributed by atoms with Crippen molar-refractivity contribution in [3.8, 4) is 0 Å². The number of hydrogen-bond acceptors (Lipinski definition) is 11. The molecule has 0 aromatic heterocycles. The van der Waals surface area contributed by atoms with E-state index in [-0.39, 0.29) is 0 Å². The Morgan fingerprint density at radius 1 is 0.870 bits per heavy atom. The number of ether oxygens (including phenoxy) is 3. The van der Waals surface area contributed by atoms with E-state index in [0.717, 1.165) is 0 Å². The zero-order valence-electron chi connectivity index (χ0n) is 12.0. The standard InChI is InChI=1S/C12H22O11/c13-1-4-6(16)7(17)8(18)11(21-4)22-9-5(2-14)23-12(20,3-15)10(9)19/h4-11,13-20H,1-3H2/t4-,5-,6-,7+,8-,9-,10+,11-,12?/m1/s1. The minimum atomic E-state index is -2.37. The quantitative estimate of drug-likeness (QED) is 0.238. The van der Waals surface area contributed by atoms with Crippen LogP contribution in [-0.2, 0) is 14.2 Å². The van der Waals surface area contributed by atoms with Crippen LogP contribution in [0.15, 0.2) is 0 Å². The molecule has 8 N–H and O–H groups in total. The molecule has 2 heterocycles. The molecule has 0 saturated carbocycles. The average Bonchev–Trinajstić information content (AvgIpc) is 2.80. The van der Waals surface area contributed by atoms with Gasteiger partial charge in [0.2, 0.25) is 5.79 Å². The van der Waals surface area contributed by atoms with Gasteiger partial charge in [0.05, 0.1) is 19.8 Å². The summed E-state index contributed by atoms with van der Waals surface area (Å²) in [5.41, 5.74) is 0. The molecule has 9 atom stereocenters. The van der Waals surface area contributed by atoms with Crippen LogP contribution in [0.3, 0.4) is 0 Å². The van der Waals surface area contributed by atoms with E-state index in [1.165, 1.54) is 0 Å². The van der Waals surface area contributed by atoms with Gasteiger partial charge in [-0.15, -0.1) is 0 Å². The molecule has 2 aliphatic heterocycles. The van der Waals surface area contributed by atoms with Crippen molar-refractivity contribution in [2.24, 2.45) is 0 Å². The third kappa shape index (κ3) is 3.36. The zero-order chi connectivity index (χ0) is 17.4. The Hall–Kier alpha value is -0.440. The van der Waals surface area contributed by atoms with Crippen LogP contribution < -0.4 is 0 Å². The molecule has 0 amide bonds. The second kappa shape index (κ2) is 7.21. The van der Waals surface area contributed by atoms with E-state index in [1.54, 1.807) is 0 Å². The Labute approximate surface area is 130 Å². The largest absolute Gasteiger partial charge is 0.394 e. The summed E-state index contributed by atoms with van der Waals surface area (Å²) in [4.78, 5) is 0. The van der Waals surface area contributed by atoms with Gasteiger partial charge in [-0.3, -0.25) is 0 Å². The summed E-state index contributed by atoms with van der Waals surface area (Å²) in [6.45, 7) is -2.32. The number of aliphatic hydroxyl groups is 8. The van der Waals surface area contributed by atoms with Crippen LogP contribution in [0.2, 0.25) is 0 Å². The Bertz CT molecular complexity index is 393. The van der Waals surface area contributed by atoms with Crippen LogP contribution in [0.25, 0.3) is 0 Å². The first kappa shape index (κ1) is 18.9. The maximum Gasteiger partial charge on any atom is 0.219 e. The van der Waals surface area contributed by atoms with Gasteiger partial charge in [-0.05, 0) is 0 Å². The summed E-state index contributed by atoms with van der Waals surface area (Å²) >= 11 is 0. The lowest BCUT2D eigenvalue weighted by molar-refractivity contribution is -0.318. The molecule has 11 heteroatoms. The van der Waals surface area contributed by atoms with E-state index in [1.807, 2.05) is 0 Å². The van der Waals surface area contributed by atoms with Crippen molar-refractivity contribution >= 4 is 0 Å².